The van der Waals surface area contributed by atoms with Crippen molar-refractivity contribution in [1.82, 2.24) is 14.9 Å². The number of hydrogen-bond donors (Lipinski definition) is 1. The molecule has 2 heterocycles. The molecule has 1 aliphatic heterocycles. The monoisotopic (exact) mass is 357 g/mol. The van der Waals surface area contributed by atoms with Crippen LogP contribution >= 0.6 is 11.8 Å². The van der Waals surface area contributed by atoms with Crippen molar-refractivity contribution in [3.05, 3.63) is 52.3 Å². The Bertz CT molecular complexity index is 818. The minimum absolute atomic E-state index is 0.0131. The summed E-state index contributed by atoms with van der Waals surface area (Å²) in [5.41, 5.74) is 4.05. The first-order valence-electron chi connectivity index (χ1n) is 8.00. The first-order chi connectivity index (χ1) is 11.9. The summed E-state index contributed by atoms with van der Waals surface area (Å²) in [5, 5.41) is 9.73. The van der Waals surface area contributed by atoms with Crippen molar-refractivity contribution in [1.29, 1.82) is 0 Å². The number of aromatic carboxylic acids is 1. The molecule has 0 saturated carbocycles. The third-order valence-corrected chi connectivity index (χ3v) is 4.94. The molecule has 1 amide bonds. The van der Waals surface area contributed by atoms with Gasteiger partial charge >= 0.3 is 5.97 Å². The van der Waals surface area contributed by atoms with Crippen molar-refractivity contribution in [2.75, 3.05) is 12.3 Å². The first-order valence-corrected chi connectivity index (χ1v) is 8.99. The average molecular weight is 357 g/mol. The van der Waals surface area contributed by atoms with Crippen LogP contribution in [0.5, 0.6) is 0 Å². The summed E-state index contributed by atoms with van der Waals surface area (Å²) < 4.78 is 0. The van der Waals surface area contributed by atoms with Crippen molar-refractivity contribution < 1.29 is 14.7 Å². The van der Waals surface area contributed by atoms with Crippen LogP contribution in [0.2, 0.25) is 0 Å². The van der Waals surface area contributed by atoms with E-state index in [0.717, 1.165) is 28.9 Å². The lowest BCUT2D eigenvalue weighted by atomic mass is 9.97. The molecule has 0 unspecified atom stereocenters. The Morgan fingerprint density at radius 3 is 2.56 bits per heavy atom. The van der Waals surface area contributed by atoms with E-state index in [1.807, 2.05) is 26.0 Å². The van der Waals surface area contributed by atoms with Gasteiger partial charge in [0.1, 0.15) is 0 Å². The molecule has 0 atom stereocenters. The van der Waals surface area contributed by atoms with Gasteiger partial charge in [-0.2, -0.15) is 0 Å². The molecule has 1 N–H and O–H groups in total. The van der Waals surface area contributed by atoms with E-state index in [1.54, 1.807) is 17.0 Å². The van der Waals surface area contributed by atoms with E-state index in [0.29, 0.717) is 18.2 Å². The fraction of sp³-hybridized carbons (Fsp3) is 0.333. The maximum Gasteiger partial charge on any atom is 0.335 e. The topological polar surface area (TPSA) is 83.4 Å². The largest absolute Gasteiger partial charge is 0.478 e. The van der Waals surface area contributed by atoms with Crippen LogP contribution in [0.3, 0.4) is 0 Å². The minimum atomic E-state index is -0.950. The number of hydrogen-bond acceptors (Lipinski definition) is 5. The Hall–Kier alpha value is -2.41. The highest BCUT2D eigenvalue weighted by Crippen LogP contribution is 2.22. The molecule has 1 aliphatic rings. The van der Waals surface area contributed by atoms with E-state index in [2.05, 4.69) is 9.97 Å². The standard InChI is InChI=1S/C18H19N3O3S/c1-11-7-12(2)20-18(19-11)25-10-16(22)21-6-5-13-3-4-14(17(23)24)8-15(13)9-21/h3-4,7-8H,5-6,9-10H2,1-2H3,(H,23,24). The normalized spacial score (nSPS) is 13.4. The number of thioether (sulfide) groups is 1. The van der Waals surface area contributed by atoms with Crippen molar-refractivity contribution in [2.24, 2.45) is 0 Å². The molecule has 3 rings (SSSR count). The molecule has 0 saturated heterocycles. The van der Waals surface area contributed by atoms with Gasteiger partial charge in [0.25, 0.3) is 0 Å². The summed E-state index contributed by atoms with van der Waals surface area (Å²) in [6, 6.07) is 7.02. The van der Waals surface area contributed by atoms with Gasteiger partial charge in [-0.15, -0.1) is 0 Å². The van der Waals surface area contributed by atoms with Crippen molar-refractivity contribution in [2.45, 2.75) is 32.0 Å². The Morgan fingerprint density at radius 2 is 1.88 bits per heavy atom. The van der Waals surface area contributed by atoms with E-state index in [-0.39, 0.29) is 17.2 Å². The lowest BCUT2D eigenvalue weighted by Crippen LogP contribution is -2.37. The number of nitrogens with zero attached hydrogens (tertiary/aromatic N) is 3. The number of carboxylic acid groups (broad SMARTS) is 1. The van der Waals surface area contributed by atoms with Crippen LogP contribution in [0.1, 0.15) is 32.9 Å². The lowest BCUT2D eigenvalue weighted by Gasteiger charge is -2.29. The smallest absolute Gasteiger partial charge is 0.335 e. The summed E-state index contributed by atoms with van der Waals surface area (Å²) in [5.74, 6) is -0.662. The molecule has 0 aliphatic carbocycles. The van der Waals surface area contributed by atoms with Gasteiger partial charge in [-0.1, -0.05) is 17.8 Å². The quantitative estimate of drug-likeness (QED) is 0.668. The van der Waals surface area contributed by atoms with Gasteiger partial charge in [0.05, 0.1) is 11.3 Å². The maximum atomic E-state index is 12.5. The Balaban J connectivity index is 1.65. The van der Waals surface area contributed by atoms with Crippen LogP contribution in [-0.4, -0.2) is 44.1 Å². The summed E-state index contributed by atoms with van der Waals surface area (Å²) >= 11 is 1.33. The number of rotatable bonds is 4. The van der Waals surface area contributed by atoms with E-state index < -0.39 is 5.97 Å². The zero-order chi connectivity index (χ0) is 18.0. The highest BCUT2D eigenvalue weighted by atomic mass is 32.2. The van der Waals surface area contributed by atoms with E-state index in [1.165, 1.54) is 11.8 Å². The molecular weight excluding hydrogens is 338 g/mol. The van der Waals surface area contributed by atoms with Crippen LogP contribution in [-0.2, 0) is 17.8 Å². The molecule has 0 radical (unpaired) electrons. The predicted molar refractivity (Wildman–Crippen MR) is 94.8 cm³/mol. The number of carboxylic acids is 1. The van der Waals surface area contributed by atoms with Gasteiger partial charge in [-0.25, -0.2) is 14.8 Å². The van der Waals surface area contributed by atoms with Gasteiger partial charge in [0, 0.05) is 24.5 Å². The number of amides is 1. The number of fused-ring (bicyclic) bond motifs is 1. The summed E-state index contributed by atoms with van der Waals surface area (Å²) in [4.78, 5) is 34.1. The third kappa shape index (κ3) is 4.17. The second-order valence-corrected chi connectivity index (χ2v) is 7.02. The van der Waals surface area contributed by atoms with Gasteiger partial charge in [-0.3, -0.25) is 4.79 Å². The number of carbonyl (C=O) groups excluding carboxylic acids is 1. The molecule has 25 heavy (non-hydrogen) atoms. The molecule has 0 fully saturated rings. The number of carbonyl (C=O) groups is 2. The molecule has 2 aromatic rings. The van der Waals surface area contributed by atoms with Gasteiger partial charge in [0.15, 0.2) is 5.16 Å². The Morgan fingerprint density at radius 1 is 1.16 bits per heavy atom. The zero-order valence-corrected chi connectivity index (χ0v) is 15.0. The molecule has 1 aromatic heterocycles. The number of benzene rings is 1. The van der Waals surface area contributed by atoms with Gasteiger partial charge < -0.3 is 10.0 Å². The van der Waals surface area contributed by atoms with Crippen molar-refractivity contribution >= 4 is 23.6 Å². The van der Waals surface area contributed by atoms with Crippen molar-refractivity contribution in [3.63, 3.8) is 0 Å². The van der Waals surface area contributed by atoms with Crippen LogP contribution < -0.4 is 0 Å². The van der Waals surface area contributed by atoms with E-state index >= 15 is 0 Å². The second kappa shape index (κ2) is 7.23. The summed E-state index contributed by atoms with van der Waals surface area (Å²) in [7, 11) is 0. The summed E-state index contributed by atoms with van der Waals surface area (Å²) in [6.07, 6.45) is 0.742. The number of aryl methyl sites for hydroxylation is 2. The molecule has 6 nitrogen and oxygen atoms in total. The van der Waals surface area contributed by atoms with Crippen LogP contribution in [0.25, 0.3) is 0 Å². The molecule has 0 bridgehead atoms. The fourth-order valence-corrected chi connectivity index (χ4v) is 3.73. The SMILES string of the molecule is Cc1cc(C)nc(SCC(=O)N2CCc3ccc(C(=O)O)cc3C2)n1. The predicted octanol–water partition coefficient (Wildman–Crippen LogP) is 2.47. The van der Waals surface area contributed by atoms with Gasteiger partial charge in [-0.05, 0) is 49.6 Å². The van der Waals surface area contributed by atoms with Crippen LogP contribution in [0.15, 0.2) is 29.4 Å². The van der Waals surface area contributed by atoms with Crippen LogP contribution in [0, 0.1) is 13.8 Å². The lowest BCUT2D eigenvalue weighted by molar-refractivity contribution is -0.129. The highest BCUT2D eigenvalue weighted by Gasteiger charge is 2.22. The van der Waals surface area contributed by atoms with E-state index in [9.17, 15) is 9.59 Å². The molecule has 1 aromatic carbocycles. The van der Waals surface area contributed by atoms with Gasteiger partial charge in [0.2, 0.25) is 5.91 Å². The van der Waals surface area contributed by atoms with Crippen LogP contribution in [0.4, 0.5) is 0 Å². The Labute approximate surface area is 150 Å². The fourth-order valence-electron chi connectivity index (χ4n) is 2.88. The third-order valence-electron chi connectivity index (χ3n) is 4.10. The molecule has 7 heteroatoms. The average Bonchev–Trinajstić information content (AvgIpc) is 2.57. The zero-order valence-electron chi connectivity index (χ0n) is 14.2. The Kier molecular flexibility index (Phi) is 5.03. The first kappa shape index (κ1) is 17.4. The minimum Gasteiger partial charge on any atom is -0.478 e. The highest BCUT2D eigenvalue weighted by molar-refractivity contribution is 7.99. The molecular formula is C18H19N3O3S. The molecule has 130 valence electrons. The van der Waals surface area contributed by atoms with E-state index in [4.69, 9.17) is 5.11 Å². The second-order valence-electron chi connectivity index (χ2n) is 6.08. The summed E-state index contributed by atoms with van der Waals surface area (Å²) in [6.45, 7) is 4.90. The maximum absolute atomic E-state index is 12.5. The number of aromatic nitrogens is 2. The van der Waals surface area contributed by atoms with Crippen molar-refractivity contribution in [3.8, 4) is 0 Å². The molecule has 0 spiro atoms.